The van der Waals surface area contributed by atoms with E-state index in [1.165, 1.54) is 13.4 Å². The van der Waals surface area contributed by atoms with E-state index in [1.54, 1.807) is 19.2 Å². The molecule has 1 aromatic heterocycles. The Morgan fingerprint density at radius 2 is 1.75 bits per heavy atom. The lowest BCUT2D eigenvalue weighted by atomic mass is 10.1. The third-order valence-corrected chi connectivity index (χ3v) is 4.16. The Hall–Kier alpha value is -3.67. The average Bonchev–Trinajstić information content (AvgIpc) is 2.74. The van der Waals surface area contributed by atoms with E-state index in [-0.39, 0.29) is 18.1 Å². The van der Waals surface area contributed by atoms with Gasteiger partial charge >= 0.3 is 6.18 Å². The number of anilines is 1. The van der Waals surface area contributed by atoms with Gasteiger partial charge in [0.2, 0.25) is 11.6 Å². The minimum atomic E-state index is -4.64. The van der Waals surface area contributed by atoms with Gasteiger partial charge in [0.15, 0.2) is 23.9 Å². The molecule has 170 valence electrons. The maximum Gasteiger partial charge on any atom is 0.422 e. The molecule has 0 bridgehead atoms. The molecule has 1 aromatic carbocycles. The highest BCUT2D eigenvalue weighted by atomic mass is 19.4. The Labute approximate surface area is 179 Å². The summed E-state index contributed by atoms with van der Waals surface area (Å²) in [7, 11) is 2.99. The lowest BCUT2D eigenvalue weighted by Gasteiger charge is -2.16. The summed E-state index contributed by atoms with van der Waals surface area (Å²) >= 11 is 0. The summed E-state index contributed by atoms with van der Waals surface area (Å²) < 4.78 is 57.2. The Balaban J connectivity index is 1.84. The van der Waals surface area contributed by atoms with Crippen LogP contribution in [0.15, 0.2) is 42.1 Å². The molecule has 0 radical (unpaired) electrons. The minimum Gasteiger partial charge on any atom is -0.493 e. The standard InChI is InChI=1S/C20H18F3N3O6/c1-29-3-4-31-18-7-12-11(5-17(18)30-2)19(25-10-24-12)26-13-6-15(28)16(8-14(13)27)32-9-20(21,22)23/h5-8,10H,3-4,9H2,1-2H3,(H,24,25,26). The Bertz CT molecular complexity index is 1100. The second-order valence-corrected chi connectivity index (χ2v) is 6.41. The van der Waals surface area contributed by atoms with E-state index in [1.807, 2.05) is 0 Å². The van der Waals surface area contributed by atoms with Gasteiger partial charge in [-0.15, -0.1) is 0 Å². The topological polar surface area (TPSA) is 109 Å². The van der Waals surface area contributed by atoms with E-state index in [4.69, 9.17) is 14.2 Å². The van der Waals surface area contributed by atoms with Crippen LogP contribution in [0.2, 0.25) is 0 Å². The number of ether oxygens (including phenoxy) is 4. The first kappa shape index (κ1) is 23.0. The number of alkyl halides is 3. The van der Waals surface area contributed by atoms with E-state index >= 15 is 0 Å². The van der Waals surface area contributed by atoms with Crippen molar-refractivity contribution in [2.24, 2.45) is 0 Å². The second kappa shape index (κ2) is 9.64. The molecule has 32 heavy (non-hydrogen) atoms. The van der Waals surface area contributed by atoms with Crippen LogP contribution in [0.25, 0.3) is 10.9 Å². The van der Waals surface area contributed by atoms with Crippen LogP contribution < -0.4 is 14.8 Å². The molecule has 0 spiro atoms. The zero-order chi connectivity index (χ0) is 23.3. The van der Waals surface area contributed by atoms with Crippen LogP contribution in [0, 0.1) is 0 Å². The lowest BCUT2D eigenvalue weighted by molar-refractivity contribution is -0.166. The van der Waals surface area contributed by atoms with Gasteiger partial charge in [0.1, 0.15) is 18.8 Å². The number of nitrogens with zero attached hydrogens (tertiary/aromatic N) is 2. The van der Waals surface area contributed by atoms with E-state index in [0.717, 1.165) is 6.08 Å². The van der Waals surface area contributed by atoms with Gasteiger partial charge in [-0.25, -0.2) is 9.97 Å². The third kappa shape index (κ3) is 5.52. The molecule has 0 aliphatic heterocycles. The number of rotatable bonds is 9. The normalized spacial score (nSPS) is 14.2. The van der Waals surface area contributed by atoms with E-state index in [2.05, 4.69) is 20.0 Å². The highest BCUT2D eigenvalue weighted by molar-refractivity contribution is 6.20. The first-order valence-electron chi connectivity index (χ1n) is 9.15. The minimum absolute atomic E-state index is 0.178. The van der Waals surface area contributed by atoms with Crippen LogP contribution in [-0.2, 0) is 19.1 Å². The number of ketones is 2. The number of methoxy groups -OCH3 is 2. The molecular formula is C20H18F3N3O6. The first-order chi connectivity index (χ1) is 15.2. The predicted octanol–water partition coefficient (Wildman–Crippen LogP) is 2.57. The molecule has 1 aliphatic rings. The molecule has 0 fully saturated rings. The largest absolute Gasteiger partial charge is 0.493 e. The van der Waals surface area contributed by atoms with Crippen LogP contribution >= 0.6 is 0 Å². The maximum atomic E-state index is 12.3. The molecule has 1 N–H and O–H groups in total. The highest BCUT2D eigenvalue weighted by Crippen LogP contribution is 2.34. The molecule has 0 saturated heterocycles. The fourth-order valence-electron chi connectivity index (χ4n) is 2.71. The summed E-state index contributed by atoms with van der Waals surface area (Å²) in [6, 6.07) is 3.20. The monoisotopic (exact) mass is 453 g/mol. The highest BCUT2D eigenvalue weighted by Gasteiger charge is 2.31. The van der Waals surface area contributed by atoms with Crippen molar-refractivity contribution in [1.29, 1.82) is 0 Å². The molecule has 0 unspecified atom stereocenters. The van der Waals surface area contributed by atoms with E-state index in [0.29, 0.717) is 35.1 Å². The van der Waals surface area contributed by atoms with Gasteiger partial charge in [0.25, 0.3) is 0 Å². The van der Waals surface area contributed by atoms with Gasteiger partial charge in [-0.2, -0.15) is 13.2 Å². The van der Waals surface area contributed by atoms with E-state index < -0.39 is 30.1 Å². The Kier molecular flexibility index (Phi) is 6.93. The number of halogens is 3. The lowest BCUT2D eigenvalue weighted by Crippen LogP contribution is -2.23. The van der Waals surface area contributed by atoms with E-state index in [9.17, 15) is 22.8 Å². The summed E-state index contributed by atoms with van der Waals surface area (Å²) in [6.45, 7) is -1.03. The Morgan fingerprint density at radius 3 is 2.44 bits per heavy atom. The number of fused-ring (bicyclic) bond motifs is 1. The SMILES string of the molecule is COCCOc1cc2ncnc(NC3=CC(=O)C(OCC(F)(F)F)=CC3=O)c2cc1OC. The molecular weight excluding hydrogens is 435 g/mol. The van der Waals surface area contributed by atoms with Crippen molar-refractivity contribution in [2.45, 2.75) is 6.18 Å². The number of hydrogen-bond donors (Lipinski definition) is 1. The number of allylic oxidation sites excluding steroid dienone is 2. The van der Waals surface area contributed by atoms with Crippen molar-refractivity contribution >= 4 is 28.3 Å². The summed E-state index contributed by atoms with van der Waals surface area (Å²) in [5.74, 6) is -1.36. The third-order valence-electron chi connectivity index (χ3n) is 4.16. The molecule has 9 nitrogen and oxygen atoms in total. The second-order valence-electron chi connectivity index (χ2n) is 6.41. The number of hydrogen-bond acceptors (Lipinski definition) is 9. The van der Waals surface area contributed by atoms with Gasteiger partial charge in [0, 0.05) is 30.7 Å². The van der Waals surface area contributed by atoms with Crippen molar-refractivity contribution in [3.05, 3.63) is 42.1 Å². The number of benzene rings is 1. The average molecular weight is 453 g/mol. The van der Waals surface area contributed by atoms with Gasteiger partial charge < -0.3 is 24.3 Å². The molecule has 12 heteroatoms. The number of nitrogens with one attached hydrogen (secondary N) is 1. The van der Waals surface area contributed by atoms with Crippen molar-refractivity contribution in [2.75, 3.05) is 39.4 Å². The zero-order valence-corrected chi connectivity index (χ0v) is 17.0. The van der Waals surface area contributed by atoms with Crippen molar-refractivity contribution in [3.8, 4) is 11.5 Å². The number of carbonyl (C=O) groups excluding carboxylic acids is 2. The van der Waals surface area contributed by atoms with Crippen LogP contribution in [0.4, 0.5) is 19.0 Å². The van der Waals surface area contributed by atoms with Gasteiger partial charge in [-0.1, -0.05) is 0 Å². The van der Waals surface area contributed by atoms with Crippen LogP contribution in [0.5, 0.6) is 11.5 Å². The maximum absolute atomic E-state index is 12.3. The molecule has 3 rings (SSSR count). The van der Waals surface area contributed by atoms with Gasteiger partial charge in [-0.3, -0.25) is 9.59 Å². The molecule has 1 aliphatic carbocycles. The summed E-state index contributed by atoms with van der Waals surface area (Å²) in [4.78, 5) is 32.7. The first-order valence-corrected chi connectivity index (χ1v) is 9.15. The predicted molar refractivity (Wildman–Crippen MR) is 105 cm³/mol. The summed E-state index contributed by atoms with van der Waals surface area (Å²) in [6.07, 6.45) is -1.86. The van der Waals surface area contributed by atoms with Crippen LogP contribution in [0.3, 0.4) is 0 Å². The van der Waals surface area contributed by atoms with Gasteiger partial charge in [-0.05, 0) is 6.07 Å². The Morgan fingerprint density at radius 1 is 0.969 bits per heavy atom. The molecule has 0 atom stereocenters. The fraction of sp³-hybridized carbons (Fsp3) is 0.300. The van der Waals surface area contributed by atoms with Crippen molar-refractivity contribution < 1.29 is 41.7 Å². The molecule has 0 amide bonds. The molecule has 2 aromatic rings. The number of aromatic nitrogens is 2. The van der Waals surface area contributed by atoms with Crippen LogP contribution in [0.1, 0.15) is 0 Å². The molecule has 1 heterocycles. The fourth-order valence-corrected chi connectivity index (χ4v) is 2.71. The van der Waals surface area contributed by atoms with Crippen LogP contribution in [-0.4, -0.2) is 61.8 Å². The molecule has 0 saturated carbocycles. The zero-order valence-electron chi connectivity index (χ0n) is 17.0. The smallest absolute Gasteiger partial charge is 0.422 e. The van der Waals surface area contributed by atoms with Crippen molar-refractivity contribution in [1.82, 2.24) is 9.97 Å². The quantitative estimate of drug-likeness (QED) is 0.453. The number of carbonyl (C=O) groups is 2. The summed E-state index contributed by atoms with van der Waals surface area (Å²) in [5, 5.41) is 3.17. The van der Waals surface area contributed by atoms with Crippen molar-refractivity contribution in [3.63, 3.8) is 0 Å². The van der Waals surface area contributed by atoms with Gasteiger partial charge in [0.05, 0.1) is 24.9 Å². The summed E-state index contributed by atoms with van der Waals surface area (Å²) in [5.41, 5.74) is 0.268.